The zero-order valence-corrected chi connectivity index (χ0v) is 19.2. The van der Waals surface area contributed by atoms with E-state index in [1.165, 1.54) is 23.3 Å². The normalized spacial score (nSPS) is 14.0. The summed E-state index contributed by atoms with van der Waals surface area (Å²) in [5, 5.41) is 3.89. The van der Waals surface area contributed by atoms with Crippen LogP contribution in [0.5, 0.6) is 0 Å². The number of carbonyl (C=O) groups excluding carboxylic acids is 1. The summed E-state index contributed by atoms with van der Waals surface area (Å²) in [7, 11) is -0.583. The Labute approximate surface area is 185 Å². The number of amides is 1. The Kier molecular flexibility index (Phi) is 6.06. The maximum atomic E-state index is 13.3. The number of hydrogen-bond acceptors (Lipinski definition) is 5. The van der Waals surface area contributed by atoms with E-state index in [2.05, 4.69) is 5.32 Å². The highest BCUT2D eigenvalue weighted by molar-refractivity contribution is 7.98. The number of aromatic nitrogens is 1. The number of nitrogens with one attached hydrogen (secondary N) is 1. The molecule has 1 amide bonds. The van der Waals surface area contributed by atoms with Crippen molar-refractivity contribution in [2.75, 3.05) is 19.8 Å². The lowest BCUT2D eigenvalue weighted by atomic mass is 10.1. The molecule has 0 unspecified atom stereocenters. The van der Waals surface area contributed by atoms with Gasteiger partial charge in [0.05, 0.1) is 10.5 Å². The summed E-state index contributed by atoms with van der Waals surface area (Å²) in [6.45, 7) is 0.145. The van der Waals surface area contributed by atoms with Crippen LogP contribution in [0.2, 0.25) is 0 Å². The molecule has 0 bridgehead atoms. The average Bonchev–Trinajstić information content (AvgIpc) is 3.39. The van der Waals surface area contributed by atoms with Gasteiger partial charge in [0.2, 0.25) is 10.0 Å². The van der Waals surface area contributed by atoms with Gasteiger partial charge in [-0.3, -0.25) is 4.79 Å². The molecule has 0 saturated heterocycles. The molecule has 1 N–H and O–H groups in total. The van der Waals surface area contributed by atoms with E-state index >= 15 is 0 Å². The van der Waals surface area contributed by atoms with Crippen LogP contribution in [0.25, 0.3) is 5.00 Å². The molecule has 9 heteroatoms. The first kappa shape index (κ1) is 21.2. The summed E-state index contributed by atoms with van der Waals surface area (Å²) in [6.07, 6.45) is 4.76. The maximum Gasteiger partial charge on any atom is 0.254 e. The van der Waals surface area contributed by atoms with Gasteiger partial charge >= 0.3 is 0 Å². The average molecular weight is 462 g/mol. The molecule has 158 valence electrons. The molecule has 0 aliphatic carbocycles. The van der Waals surface area contributed by atoms with Crippen LogP contribution in [-0.2, 0) is 28.7 Å². The summed E-state index contributed by atoms with van der Waals surface area (Å²) in [5.41, 5.74) is 2.40. The van der Waals surface area contributed by atoms with Crippen molar-refractivity contribution in [3.8, 4) is 5.00 Å². The van der Waals surface area contributed by atoms with E-state index in [4.69, 9.17) is 0 Å². The second-order valence-corrected chi connectivity index (χ2v) is 11.5. The fourth-order valence-electron chi connectivity index (χ4n) is 3.47. The number of fused-ring (bicyclic) bond motifs is 1. The minimum Gasteiger partial charge on any atom is -0.348 e. The molecular weight excluding hydrogens is 438 g/mol. The maximum absolute atomic E-state index is 13.3. The summed E-state index contributed by atoms with van der Waals surface area (Å²) >= 11 is 3.54. The predicted octanol–water partition coefficient (Wildman–Crippen LogP) is 3.51. The highest BCUT2D eigenvalue weighted by Crippen LogP contribution is 2.38. The number of nitrogens with zero attached hydrogens (tertiary/aromatic N) is 2. The Hall–Kier alpha value is -2.07. The summed E-state index contributed by atoms with van der Waals surface area (Å²) in [4.78, 5) is 14.7. The third kappa shape index (κ3) is 3.94. The molecule has 3 heterocycles. The van der Waals surface area contributed by atoms with Gasteiger partial charge in [0.15, 0.2) is 0 Å². The van der Waals surface area contributed by atoms with Crippen LogP contribution < -0.4 is 5.32 Å². The molecule has 0 saturated carbocycles. The minimum absolute atomic E-state index is 0.145. The van der Waals surface area contributed by atoms with Crippen molar-refractivity contribution in [3.63, 3.8) is 0 Å². The van der Waals surface area contributed by atoms with E-state index < -0.39 is 10.0 Å². The van der Waals surface area contributed by atoms with Crippen molar-refractivity contribution in [2.45, 2.75) is 23.6 Å². The Balaban J connectivity index is 1.65. The van der Waals surface area contributed by atoms with Crippen molar-refractivity contribution in [3.05, 3.63) is 70.4 Å². The van der Waals surface area contributed by atoms with E-state index in [9.17, 15) is 13.2 Å². The van der Waals surface area contributed by atoms with Crippen LogP contribution >= 0.6 is 23.1 Å². The van der Waals surface area contributed by atoms with Crippen molar-refractivity contribution >= 4 is 39.0 Å². The van der Waals surface area contributed by atoms with Crippen molar-refractivity contribution in [1.82, 2.24) is 14.2 Å². The molecule has 3 aromatic rings. The summed E-state index contributed by atoms with van der Waals surface area (Å²) < 4.78 is 28.4. The molecule has 4 rings (SSSR count). The van der Waals surface area contributed by atoms with Crippen LogP contribution in [-0.4, -0.2) is 43.0 Å². The van der Waals surface area contributed by atoms with Gasteiger partial charge in [-0.05, 0) is 41.5 Å². The van der Waals surface area contributed by atoms with Gasteiger partial charge in [-0.15, -0.1) is 11.3 Å². The number of thioether (sulfide) groups is 1. The van der Waals surface area contributed by atoms with Gasteiger partial charge < -0.3 is 9.88 Å². The highest BCUT2D eigenvalue weighted by Gasteiger charge is 2.27. The quantitative estimate of drug-likeness (QED) is 0.610. The van der Waals surface area contributed by atoms with Crippen LogP contribution in [0.3, 0.4) is 0 Å². The van der Waals surface area contributed by atoms with Crippen LogP contribution in [0, 0.1) is 0 Å². The Morgan fingerprint density at radius 2 is 1.90 bits per heavy atom. The third-order valence-corrected chi connectivity index (χ3v) is 9.37. The predicted molar refractivity (Wildman–Crippen MR) is 122 cm³/mol. The first-order valence-corrected chi connectivity index (χ1v) is 12.9. The van der Waals surface area contributed by atoms with Gasteiger partial charge in [-0.2, -0.15) is 11.8 Å². The molecule has 1 aliphatic rings. The van der Waals surface area contributed by atoms with Crippen molar-refractivity contribution in [2.24, 2.45) is 0 Å². The molecule has 0 fully saturated rings. The molecule has 1 aromatic carbocycles. The molecule has 2 aromatic heterocycles. The van der Waals surface area contributed by atoms with E-state index in [1.807, 2.05) is 40.9 Å². The van der Waals surface area contributed by atoms with Gasteiger partial charge in [-0.1, -0.05) is 18.2 Å². The van der Waals surface area contributed by atoms with Gasteiger partial charge in [0.25, 0.3) is 5.91 Å². The fourth-order valence-corrected chi connectivity index (χ4v) is 7.03. The SMILES string of the molecule is CN(C)S(=O)(=O)c1ccccc1CNC(=O)c1c(-n2cccc2)sc2c1CCSC2. The minimum atomic E-state index is -3.59. The zero-order valence-electron chi connectivity index (χ0n) is 16.8. The third-order valence-electron chi connectivity index (χ3n) is 5.04. The molecule has 30 heavy (non-hydrogen) atoms. The number of carbonyl (C=O) groups is 1. The Morgan fingerprint density at radius 3 is 2.63 bits per heavy atom. The molecular formula is C21H23N3O3S3. The molecule has 0 spiro atoms. The lowest BCUT2D eigenvalue weighted by Crippen LogP contribution is -2.28. The highest BCUT2D eigenvalue weighted by atomic mass is 32.2. The van der Waals surface area contributed by atoms with Gasteiger partial charge in [0.1, 0.15) is 5.00 Å². The number of benzene rings is 1. The largest absolute Gasteiger partial charge is 0.348 e. The number of thiophene rings is 1. The first-order valence-electron chi connectivity index (χ1n) is 9.54. The van der Waals surface area contributed by atoms with Crippen LogP contribution in [0.4, 0.5) is 0 Å². The second-order valence-electron chi connectivity index (χ2n) is 7.15. The summed E-state index contributed by atoms with van der Waals surface area (Å²) in [5.74, 6) is 1.75. The van der Waals surface area contributed by atoms with Crippen LogP contribution in [0.15, 0.2) is 53.7 Å². The topological polar surface area (TPSA) is 71.4 Å². The molecule has 1 aliphatic heterocycles. The first-order chi connectivity index (χ1) is 14.4. The monoisotopic (exact) mass is 461 g/mol. The Morgan fingerprint density at radius 1 is 1.17 bits per heavy atom. The van der Waals surface area contributed by atoms with E-state index in [-0.39, 0.29) is 17.3 Å². The number of hydrogen-bond donors (Lipinski definition) is 1. The van der Waals surface area contributed by atoms with Crippen LogP contribution in [0.1, 0.15) is 26.4 Å². The molecule has 0 atom stereocenters. The number of rotatable bonds is 6. The zero-order chi connectivity index (χ0) is 21.3. The second kappa shape index (κ2) is 8.58. The smallest absolute Gasteiger partial charge is 0.254 e. The summed E-state index contributed by atoms with van der Waals surface area (Å²) in [6, 6.07) is 10.7. The molecule has 6 nitrogen and oxygen atoms in total. The van der Waals surface area contributed by atoms with E-state index in [0.717, 1.165) is 28.5 Å². The lowest BCUT2D eigenvalue weighted by Gasteiger charge is -2.16. The fraction of sp³-hybridized carbons (Fsp3) is 0.286. The number of sulfonamides is 1. The van der Waals surface area contributed by atoms with E-state index in [1.54, 1.807) is 35.6 Å². The molecule has 0 radical (unpaired) electrons. The van der Waals surface area contributed by atoms with Crippen molar-refractivity contribution in [1.29, 1.82) is 0 Å². The van der Waals surface area contributed by atoms with Gasteiger partial charge in [0, 0.05) is 43.7 Å². The Bertz CT molecular complexity index is 1170. The van der Waals surface area contributed by atoms with Gasteiger partial charge in [-0.25, -0.2) is 12.7 Å². The van der Waals surface area contributed by atoms with Crippen molar-refractivity contribution < 1.29 is 13.2 Å². The lowest BCUT2D eigenvalue weighted by molar-refractivity contribution is 0.0950. The standard InChI is InChI=1S/C21H23N3O3S3/c1-23(2)30(26,27)18-8-4-3-7-15(18)13-22-20(25)19-16-9-12-28-14-17(16)29-21(19)24-10-5-6-11-24/h3-8,10-11H,9,12-14H2,1-2H3,(H,22,25). The van der Waals surface area contributed by atoms with E-state index in [0.29, 0.717) is 11.1 Å².